The molecular formula is C14H11ClF3N. The summed E-state index contributed by atoms with van der Waals surface area (Å²) in [6, 6.07) is 7.29. The minimum absolute atomic E-state index is 0.0431. The van der Waals surface area contributed by atoms with E-state index in [1.807, 2.05) is 0 Å². The van der Waals surface area contributed by atoms with E-state index in [-0.39, 0.29) is 10.6 Å². The largest absolute Gasteiger partial charge is 0.309 e. The maximum absolute atomic E-state index is 13.8. The summed E-state index contributed by atoms with van der Waals surface area (Å²) < 4.78 is 40.1. The fourth-order valence-electron chi connectivity index (χ4n) is 1.95. The molecule has 2 aromatic carbocycles. The lowest BCUT2D eigenvalue weighted by molar-refractivity contribution is 0.503. The zero-order chi connectivity index (χ0) is 14.0. The molecule has 0 amide bonds. The van der Waals surface area contributed by atoms with Gasteiger partial charge in [0.1, 0.15) is 5.82 Å². The molecule has 2 rings (SSSR count). The fourth-order valence-corrected chi connectivity index (χ4v) is 2.21. The number of benzene rings is 2. The van der Waals surface area contributed by atoms with Gasteiger partial charge in [-0.15, -0.1) is 0 Å². The summed E-state index contributed by atoms with van der Waals surface area (Å²) in [5, 5.41) is 2.89. The van der Waals surface area contributed by atoms with Gasteiger partial charge in [0.05, 0.1) is 6.04 Å². The van der Waals surface area contributed by atoms with Gasteiger partial charge in [0.2, 0.25) is 0 Å². The summed E-state index contributed by atoms with van der Waals surface area (Å²) in [5.74, 6) is -2.49. The van der Waals surface area contributed by atoms with Crippen LogP contribution in [0.1, 0.15) is 17.2 Å². The molecule has 0 saturated carbocycles. The van der Waals surface area contributed by atoms with E-state index in [1.165, 1.54) is 6.07 Å². The van der Waals surface area contributed by atoms with E-state index in [4.69, 9.17) is 11.6 Å². The van der Waals surface area contributed by atoms with Gasteiger partial charge in [0.25, 0.3) is 0 Å². The minimum Gasteiger partial charge on any atom is -0.309 e. The molecule has 0 bridgehead atoms. The van der Waals surface area contributed by atoms with Crippen molar-refractivity contribution >= 4 is 11.6 Å². The Labute approximate surface area is 114 Å². The molecule has 5 heteroatoms. The first kappa shape index (κ1) is 13.9. The smallest absolute Gasteiger partial charge is 0.160 e. The average molecular weight is 286 g/mol. The molecule has 0 fully saturated rings. The highest BCUT2D eigenvalue weighted by molar-refractivity contribution is 6.31. The zero-order valence-electron chi connectivity index (χ0n) is 10.1. The molecular weight excluding hydrogens is 275 g/mol. The van der Waals surface area contributed by atoms with Gasteiger partial charge in [0, 0.05) is 10.6 Å². The van der Waals surface area contributed by atoms with Gasteiger partial charge in [-0.1, -0.05) is 29.8 Å². The van der Waals surface area contributed by atoms with Gasteiger partial charge in [-0.3, -0.25) is 0 Å². The molecule has 1 nitrogen and oxygen atoms in total. The number of hydrogen-bond donors (Lipinski definition) is 1. The van der Waals surface area contributed by atoms with Crippen molar-refractivity contribution in [3.05, 3.63) is 70.0 Å². The second-order valence-corrected chi connectivity index (χ2v) is 4.44. The van der Waals surface area contributed by atoms with Crippen LogP contribution in [0.4, 0.5) is 13.2 Å². The minimum atomic E-state index is -1.03. The highest BCUT2D eigenvalue weighted by Crippen LogP contribution is 2.31. The van der Waals surface area contributed by atoms with Crippen molar-refractivity contribution in [1.29, 1.82) is 0 Å². The summed E-state index contributed by atoms with van der Waals surface area (Å²) in [6.07, 6.45) is 0. The molecule has 1 atom stereocenters. The number of halogens is 4. The van der Waals surface area contributed by atoms with E-state index in [9.17, 15) is 13.2 Å². The lowest BCUT2D eigenvalue weighted by atomic mass is 9.98. The van der Waals surface area contributed by atoms with Crippen LogP contribution < -0.4 is 5.32 Å². The lowest BCUT2D eigenvalue weighted by Gasteiger charge is -2.19. The molecule has 2 aromatic rings. The maximum Gasteiger partial charge on any atom is 0.160 e. The Kier molecular flexibility index (Phi) is 4.12. The summed E-state index contributed by atoms with van der Waals surface area (Å²) in [5.41, 5.74) is 0.603. The number of nitrogens with one attached hydrogen (secondary N) is 1. The van der Waals surface area contributed by atoms with Crippen LogP contribution >= 0.6 is 11.6 Å². The van der Waals surface area contributed by atoms with Crippen molar-refractivity contribution in [3.63, 3.8) is 0 Å². The predicted molar refractivity (Wildman–Crippen MR) is 68.7 cm³/mol. The molecule has 0 aliphatic rings. The zero-order valence-corrected chi connectivity index (χ0v) is 10.8. The first-order valence-electron chi connectivity index (χ1n) is 5.60. The van der Waals surface area contributed by atoms with Gasteiger partial charge in [-0.05, 0) is 30.8 Å². The molecule has 0 radical (unpaired) electrons. The Morgan fingerprint density at radius 3 is 2.21 bits per heavy atom. The van der Waals surface area contributed by atoms with Gasteiger partial charge >= 0.3 is 0 Å². The van der Waals surface area contributed by atoms with Crippen LogP contribution in [0.5, 0.6) is 0 Å². The van der Waals surface area contributed by atoms with E-state index in [0.717, 1.165) is 12.1 Å². The summed E-state index contributed by atoms with van der Waals surface area (Å²) in [7, 11) is 1.59. The first-order chi connectivity index (χ1) is 9.04. The molecule has 1 unspecified atom stereocenters. The van der Waals surface area contributed by atoms with Gasteiger partial charge in [0.15, 0.2) is 11.6 Å². The Balaban J connectivity index is 2.55. The molecule has 0 aromatic heterocycles. The van der Waals surface area contributed by atoms with E-state index in [0.29, 0.717) is 5.56 Å². The van der Waals surface area contributed by atoms with Crippen LogP contribution in [-0.4, -0.2) is 7.05 Å². The fraction of sp³-hybridized carbons (Fsp3) is 0.143. The van der Waals surface area contributed by atoms with Gasteiger partial charge in [-0.2, -0.15) is 0 Å². The van der Waals surface area contributed by atoms with Crippen LogP contribution in [0, 0.1) is 17.5 Å². The quantitative estimate of drug-likeness (QED) is 0.839. The molecule has 0 aliphatic heterocycles. The topological polar surface area (TPSA) is 12.0 Å². The summed E-state index contributed by atoms with van der Waals surface area (Å²) in [4.78, 5) is 0. The van der Waals surface area contributed by atoms with Crippen LogP contribution in [0.2, 0.25) is 5.02 Å². The number of rotatable bonds is 3. The van der Waals surface area contributed by atoms with Crippen molar-refractivity contribution < 1.29 is 13.2 Å². The van der Waals surface area contributed by atoms with E-state index in [1.54, 1.807) is 25.2 Å². The van der Waals surface area contributed by atoms with Gasteiger partial charge in [-0.25, -0.2) is 13.2 Å². The van der Waals surface area contributed by atoms with E-state index in [2.05, 4.69) is 5.32 Å². The second kappa shape index (κ2) is 5.63. The molecule has 19 heavy (non-hydrogen) atoms. The Morgan fingerprint density at radius 1 is 0.947 bits per heavy atom. The monoisotopic (exact) mass is 285 g/mol. The van der Waals surface area contributed by atoms with E-state index >= 15 is 0 Å². The van der Waals surface area contributed by atoms with Crippen LogP contribution in [0.15, 0.2) is 36.4 Å². The summed E-state index contributed by atoms with van der Waals surface area (Å²) in [6.45, 7) is 0. The van der Waals surface area contributed by atoms with Crippen molar-refractivity contribution in [1.82, 2.24) is 5.32 Å². The first-order valence-corrected chi connectivity index (χ1v) is 5.98. The SMILES string of the molecule is CNC(c1ccccc1F)c1cc(F)c(F)cc1Cl. The van der Waals surface area contributed by atoms with Crippen LogP contribution in [0.3, 0.4) is 0 Å². The highest BCUT2D eigenvalue weighted by Gasteiger charge is 2.20. The molecule has 0 aliphatic carbocycles. The van der Waals surface area contributed by atoms with Crippen molar-refractivity contribution in [3.8, 4) is 0 Å². The lowest BCUT2D eigenvalue weighted by Crippen LogP contribution is -2.19. The number of hydrogen-bond acceptors (Lipinski definition) is 1. The second-order valence-electron chi connectivity index (χ2n) is 4.03. The Hall–Kier alpha value is -1.52. The third-order valence-corrected chi connectivity index (χ3v) is 3.18. The average Bonchev–Trinajstić information content (AvgIpc) is 2.38. The van der Waals surface area contributed by atoms with Gasteiger partial charge < -0.3 is 5.32 Å². The normalized spacial score (nSPS) is 12.5. The molecule has 100 valence electrons. The molecule has 0 spiro atoms. The molecule has 1 N–H and O–H groups in total. The van der Waals surface area contributed by atoms with Crippen molar-refractivity contribution in [2.45, 2.75) is 6.04 Å². The maximum atomic E-state index is 13.8. The molecule has 0 heterocycles. The predicted octanol–water partition coefficient (Wildman–Crippen LogP) is 4.07. The van der Waals surface area contributed by atoms with E-state index < -0.39 is 23.5 Å². The third kappa shape index (κ3) is 2.74. The molecule has 0 saturated heterocycles. The highest BCUT2D eigenvalue weighted by atomic mass is 35.5. The van der Waals surface area contributed by atoms with Crippen LogP contribution in [0.25, 0.3) is 0 Å². The standard InChI is InChI=1S/C14H11ClF3N/c1-19-14(8-4-2-3-5-11(8)16)9-6-12(17)13(18)7-10(9)15/h2-7,14,19H,1H3. The Morgan fingerprint density at radius 2 is 1.58 bits per heavy atom. The van der Waals surface area contributed by atoms with Crippen molar-refractivity contribution in [2.24, 2.45) is 0 Å². The third-order valence-electron chi connectivity index (χ3n) is 2.86. The summed E-state index contributed by atoms with van der Waals surface area (Å²) >= 11 is 5.91. The van der Waals surface area contributed by atoms with Crippen LogP contribution in [-0.2, 0) is 0 Å². The Bertz CT molecular complexity index is 601. The van der Waals surface area contributed by atoms with Crippen molar-refractivity contribution in [2.75, 3.05) is 7.05 Å².